The van der Waals surface area contributed by atoms with E-state index in [1.807, 2.05) is 50.3 Å². The van der Waals surface area contributed by atoms with E-state index in [4.69, 9.17) is 0 Å². The Morgan fingerprint density at radius 3 is 2.36 bits per heavy atom. The van der Waals surface area contributed by atoms with Crippen LogP contribution < -0.4 is 5.32 Å². The van der Waals surface area contributed by atoms with Gasteiger partial charge in [-0.1, -0.05) is 50.3 Å². The topological polar surface area (TPSA) is 69.6 Å². The highest BCUT2D eigenvalue weighted by molar-refractivity contribution is 5.79. The SMILES string of the molecule is C/C=C/c1ccc([C@@H]2[C@H](CO)N(C(=O)CC)[C@H]2CNC(=O)CC)cc1. The highest BCUT2D eigenvalue weighted by Gasteiger charge is 2.50. The van der Waals surface area contributed by atoms with Crippen LogP contribution in [0.15, 0.2) is 30.3 Å². The van der Waals surface area contributed by atoms with E-state index in [-0.39, 0.29) is 36.4 Å². The van der Waals surface area contributed by atoms with Gasteiger partial charge in [-0.25, -0.2) is 0 Å². The first-order valence-electron chi connectivity index (χ1n) is 8.98. The Kier molecular flexibility index (Phi) is 6.76. The van der Waals surface area contributed by atoms with Gasteiger partial charge in [0.25, 0.3) is 0 Å². The number of carbonyl (C=O) groups is 2. The fourth-order valence-electron chi connectivity index (χ4n) is 3.54. The van der Waals surface area contributed by atoms with Crippen LogP contribution >= 0.6 is 0 Å². The minimum atomic E-state index is -0.233. The summed E-state index contributed by atoms with van der Waals surface area (Å²) in [4.78, 5) is 25.7. The third-order valence-electron chi connectivity index (χ3n) is 4.83. The number of likely N-dealkylation sites (tertiary alicyclic amines) is 1. The summed E-state index contributed by atoms with van der Waals surface area (Å²) in [6.45, 7) is 5.93. The van der Waals surface area contributed by atoms with Crippen molar-refractivity contribution in [3.8, 4) is 0 Å². The molecule has 5 nitrogen and oxygen atoms in total. The Labute approximate surface area is 149 Å². The summed E-state index contributed by atoms with van der Waals surface area (Å²) in [6.07, 6.45) is 4.82. The second-order valence-electron chi connectivity index (χ2n) is 6.32. The van der Waals surface area contributed by atoms with Crippen molar-refractivity contribution in [2.24, 2.45) is 0 Å². The van der Waals surface area contributed by atoms with Gasteiger partial charge in [-0.2, -0.15) is 0 Å². The Morgan fingerprint density at radius 1 is 1.16 bits per heavy atom. The maximum Gasteiger partial charge on any atom is 0.222 e. The van der Waals surface area contributed by atoms with Crippen LogP contribution in [0.2, 0.25) is 0 Å². The number of hydrogen-bond acceptors (Lipinski definition) is 3. The van der Waals surface area contributed by atoms with Crippen LogP contribution in [0.1, 0.15) is 50.7 Å². The Bertz CT molecular complexity index is 624. The van der Waals surface area contributed by atoms with Crippen molar-refractivity contribution in [2.45, 2.75) is 51.6 Å². The number of aliphatic hydroxyl groups excluding tert-OH is 1. The number of hydrogen-bond donors (Lipinski definition) is 2. The zero-order chi connectivity index (χ0) is 18.4. The summed E-state index contributed by atoms with van der Waals surface area (Å²) in [6, 6.07) is 7.82. The predicted octanol–water partition coefficient (Wildman–Crippen LogP) is 2.31. The van der Waals surface area contributed by atoms with Gasteiger partial charge in [0.1, 0.15) is 0 Å². The molecule has 0 bridgehead atoms. The fourth-order valence-corrected chi connectivity index (χ4v) is 3.54. The normalized spacial score (nSPS) is 22.7. The van der Waals surface area contributed by atoms with Crippen molar-refractivity contribution in [2.75, 3.05) is 13.2 Å². The lowest BCUT2D eigenvalue weighted by Gasteiger charge is -2.55. The van der Waals surface area contributed by atoms with Crippen molar-refractivity contribution in [1.29, 1.82) is 0 Å². The number of nitrogens with zero attached hydrogens (tertiary/aromatic N) is 1. The van der Waals surface area contributed by atoms with E-state index in [9.17, 15) is 14.7 Å². The van der Waals surface area contributed by atoms with E-state index in [2.05, 4.69) is 5.32 Å². The molecular formula is C20H28N2O3. The van der Waals surface area contributed by atoms with Crippen molar-refractivity contribution < 1.29 is 14.7 Å². The molecular weight excluding hydrogens is 316 g/mol. The summed E-state index contributed by atoms with van der Waals surface area (Å²) in [5, 5.41) is 12.7. The molecule has 0 unspecified atom stereocenters. The first-order valence-corrected chi connectivity index (χ1v) is 8.98. The number of rotatable bonds is 7. The van der Waals surface area contributed by atoms with Gasteiger partial charge in [0, 0.05) is 25.3 Å². The maximum absolute atomic E-state index is 12.3. The summed E-state index contributed by atoms with van der Waals surface area (Å²) >= 11 is 0. The quantitative estimate of drug-likeness (QED) is 0.797. The van der Waals surface area contributed by atoms with Crippen molar-refractivity contribution in [3.63, 3.8) is 0 Å². The van der Waals surface area contributed by atoms with E-state index in [1.165, 1.54) is 0 Å². The molecule has 0 saturated carbocycles. The Balaban J connectivity index is 2.24. The van der Waals surface area contributed by atoms with Crippen LogP contribution in [0.3, 0.4) is 0 Å². The second kappa shape index (κ2) is 8.81. The molecule has 1 aliphatic heterocycles. The van der Waals surface area contributed by atoms with Crippen LogP contribution in [0.5, 0.6) is 0 Å². The van der Waals surface area contributed by atoms with E-state index >= 15 is 0 Å². The molecule has 1 aromatic carbocycles. The van der Waals surface area contributed by atoms with Crippen LogP contribution in [-0.2, 0) is 9.59 Å². The first-order chi connectivity index (χ1) is 12.1. The van der Waals surface area contributed by atoms with Gasteiger partial charge in [0.05, 0.1) is 18.7 Å². The van der Waals surface area contributed by atoms with Crippen LogP contribution in [0.25, 0.3) is 6.08 Å². The molecule has 5 heteroatoms. The Hall–Kier alpha value is -2.14. The van der Waals surface area contributed by atoms with Gasteiger partial charge in [0.2, 0.25) is 11.8 Å². The van der Waals surface area contributed by atoms with Gasteiger partial charge in [-0.3, -0.25) is 9.59 Å². The third kappa shape index (κ3) is 4.10. The molecule has 0 aromatic heterocycles. The molecule has 0 spiro atoms. The lowest BCUT2D eigenvalue weighted by Crippen LogP contribution is -2.68. The van der Waals surface area contributed by atoms with Gasteiger partial charge < -0.3 is 15.3 Å². The molecule has 2 amide bonds. The maximum atomic E-state index is 12.3. The summed E-state index contributed by atoms with van der Waals surface area (Å²) in [7, 11) is 0. The lowest BCUT2D eigenvalue weighted by molar-refractivity contribution is -0.150. The molecule has 0 aliphatic carbocycles. The Morgan fingerprint density at radius 2 is 1.84 bits per heavy atom. The lowest BCUT2D eigenvalue weighted by atomic mass is 9.74. The number of nitrogens with one attached hydrogen (secondary N) is 1. The average molecular weight is 344 g/mol. The molecule has 25 heavy (non-hydrogen) atoms. The molecule has 136 valence electrons. The minimum absolute atomic E-state index is 0.0107. The molecule has 3 atom stereocenters. The van der Waals surface area contributed by atoms with Crippen LogP contribution in [-0.4, -0.2) is 47.1 Å². The smallest absolute Gasteiger partial charge is 0.222 e. The molecule has 1 aliphatic rings. The highest BCUT2D eigenvalue weighted by Crippen LogP contribution is 2.40. The first kappa shape index (κ1) is 19.2. The van der Waals surface area contributed by atoms with Crippen molar-refractivity contribution >= 4 is 17.9 Å². The summed E-state index contributed by atoms with van der Waals surface area (Å²) in [5.74, 6) is 0.00687. The number of benzene rings is 1. The van der Waals surface area contributed by atoms with Crippen LogP contribution in [0.4, 0.5) is 0 Å². The third-order valence-corrected chi connectivity index (χ3v) is 4.83. The number of carbonyl (C=O) groups excluding carboxylic acids is 2. The van der Waals surface area contributed by atoms with E-state index < -0.39 is 0 Å². The van der Waals surface area contributed by atoms with Gasteiger partial charge in [-0.05, 0) is 18.1 Å². The summed E-state index contributed by atoms with van der Waals surface area (Å²) < 4.78 is 0. The molecule has 0 radical (unpaired) electrons. The standard InChI is InChI=1S/C20H28N2O3/c1-4-7-14-8-10-15(11-9-14)20-16(12-21-18(24)5-2)22(17(20)13-23)19(25)6-3/h4,7-11,16-17,20,23H,5-6,12-13H2,1-3H3,(H,21,24)/b7-4+/t16-,17-,20-/m0/s1. The minimum Gasteiger partial charge on any atom is -0.394 e. The monoisotopic (exact) mass is 344 g/mol. The van der Waals surface area contributed by atoms with E-state index in [1.54, 1.807) is 11.8 Å². The number of aliphatic hydroxyl groups is 1. The van der Waals surface area contributed by atoms with Crippen LogP contribution in [0, 0.1) is 0 Å². The van der Waals surface area contributed by atoms with E-state index in [0.717, 1.165) is 11.1 Å². The zero-order valence-electron chi connectivity index (χ0n) is 15.2. The molecule has 1 fully saturated rings. The summed E-state index contributed by atoms with van der Waals surface area (Å²) in [5.41, 5.74) is 2.20. The molecule has 1 aromatic rings. The van der Waals surface area contributed by atoms with E-state index in [0.29, 0.717) is 19.4 Å². The van der Waals surface area contributed by atoms with Crippen molar-refractivity contribution in [3.05, 3.63) is 41.5 Å². The highest BCUT2D eigenvalue weighted by atomic mass is 16.3. The van der Waals surface area contributed by atoms with Gasteiger partial charge >= 0.3 is 0 Å². The number of amides is 2. The molecule has 1 saturated heterocycles. The molecule has 1 heterocycles. The largest absolute Gasteiger partial charge is 0.394 e. The van der Waals surface area contributed by atoms with Crippen molar-refractivity contribution in [1.82, 2.24) is 10.2 Å². The fraction of sp³-hybridized carbons (Fsp3) is 0.500. The predicted molar refractivity (Wildman–Crippen MR) is 99.0 cm³/mol. The average Bonchev–Trinajstić information content (AvgIpc) is 2.62. The number of allylic oxidation sites excluding steroid dienone is 1. The molecule has 2 N–H and O–H groups in total. The van der Waals surface area contributed by atoms with Gasteiger partial charge in [0.15, 0.2) is 0 Å². The zero-order valence-corrected chi connectivity index (χ0v) is 15.2. The van der Waals surface area contributed by atoms with Gasteiger partial charge in [-0.15, -0.1) is 0 Å². The molecule has 2 rings (SSSR count). The second-order valence-corrected chi connectivity index (χ2v) is 6.32.